The van der Waals surface area contributed by atoms with Crippen molar-refractivity contribution in [2.24, 2.45) is 0 Å². The number of nitrogens with one attached hydrogen (secondary N) is 1. The van der Waals surface area contributed by atoms with Crippen LogP contribution in [0, 0.1) is 0 Å². The molecule has 0 aliphatic carbocycles. The number of piperazine rings is 1. The second-order valence-corrected chi connectivity index (χ2v) is 8.40. The third-order valence-electron chi connectivity index (χ3n) is 4.57. The summed E-state index contributed by atoms with van der Waals surface area (Å²) < 4.78 is 27.1. The molecule has 1 aliphatic rings. The van der Waals surface area contributed by atoms with Gasteiger partial charge < -0.3 is 9.80 Å². The predicted octanol–water partition coefficient (Wildman–Crippen LogP) is 1.73. The highest BCUT2D eigenvalue weighted by atomic mass is 32.2. The van der Waals surface area contributed by atoms with Gasteiger partial charge in [0.2, 0.25) is 15.9 Å². The van der Waals surface area contributed by atoms with E-state index in [2.05, 4.69) is 14.6 Å². The maximum absolute atomic E-state index is 12.3. The van der Waals surface area contributed by atoms with Crippen LogP contribution in [-0.2, 0) is 21.2 Å². The monoisotopic (exact) mass is 388 g/mol. The van der Waals surface area contributed by atoms with E-state index in [1.807, 2.05) is 35.2 Å². The predicted molar refractivity (Wildman–Crippen MR) is 106 cm³/mol. The van der Waals surface area contributed by atoms with Gasteiger partial charge in [-0.25, -0.2) is 13.4 Å². The van der Waals surface area contributed by atoms with Crippen LogP contribution in [0.5, 0.6) is 0 Å². The van der Waals surface area contributed by atoms with Crippen molar-refractivity contribution < 1.29 is 13.2 Å². The highest BCUT2D eigenvalue weighted by Gasteiger charge is 2.19. The first-order valence-electron chi connectivity index (χ1n) is 8.94. The van der Waals surface area contributed by atoms with Crippen LogP contribution in [0.4, 0.5) is 11.5 Å². The number of carbonyl (C=O) groups excluding carboxylic acids is 1. The van der Waals surface area contributed by atoms with E-state index in [0.717, 1.165) is 11.4 Å². The third-order valence-corrected chi connectivity index (χ3v) is 5.86. The van der Waals surface area contributed by atoms with E-state index in [1.54, 1.807) is 19.1 Å². The van der Waals surface area contributed by atoms with Gasteiger partial charge in [-0.05, 0) is 24.1 Å². The maximum Gasteiger partial charge on any atom is 0.233 e. The van der Waals surface area contributed by atoms with Crippen molar-refractivity contribution >= 4 is 27.4 Å². The van der Waals surface area contributed by atoms with Gasteiger partial charge in [-0.3, -0.25) is 9.52 Å². The summed E-state index contributed by atoms with van der Waals surface area (Å²) in [5.41, 5.74) is 1.44. The van der Waals surface area contributed by atoms with Gasteiger partial charge in [-0.2, -0.15) is 0 Å². The Morgan fingerprint density at radius 2 is 1.78 bits per heavy atom. The number of hydrogen-bond donors (Lipinski definition) is 1. The van der Waals surface area contributed by atoms with Crippen molar-refractivity contribution in [2.75, 3.05) is 41.6 Å². The van der Waals surface area contributed by atoms with Crippen LogP contribution in [0.25, 0.3) is 0 Å². The summed E-state index contributed by atoms with van der Waals surface area (Å²) >= 11 is 0. The molecule has 2 aromatic rings. The summed E-state index contributed by atoms with van der Waals surface area (Å²) in [6.07, 6.45) is 1.99. The fourth-order valence-corrected chi connectivity index (χ4v) is 4.10. The van der Waals surface area contributed by atoms with Crippen molar-refractivity contribution in [3.63, 3.8) is 0 Å². The molecule has 27 heavy (non-hydrogen) atoms. The molecule has 1 N–H and O–H groups in total. The Labute approximate surface area is 160 Å². The molecule has 1 aromatic carbocycles. The Bertz CT molecular complexity index is 862. The molecule has 0 atom stereocenters. The number of anilines is 2. The van der Waals surface area contributed by atoms with Crippen LogP contribution >= 0.6 is 0 Å². The molecule has 7 nitrogen and oxygen atoms in total. The van der Waals surface area contributed by atoms with E-state index in [0.29, 0.717) is 38.3 Å². The smallest absolute Gasteiger partial charge is 0.233 e. The zero-order valence-corrected chi connectivity index (χ0v) is 16.2. The minimum atomic E-state index is -3.44. The van der Waals surface area contributed by atoms with Crippen molar-refractivity contribution in [2.45, 2.75) is 13.3 Å². The summed E-state index contributed by atoms with van der Waals surface area (Å²) in [6, 6.07) is 13.1. The molecule has 144 valence electrons. The van der Waals surface area contributed by atoms with Crippen LogP contribution in [0.3, 0.4) is 0 Å². The van der Waals surface area contributed by atoms with E-state index >= 15 is 0 Å². The van der Waals surface area contributed by atoms with E-state index in [1.165, 1.54) is 6.20 Å². The Morgan fingerprint density at radius 3 is 2.37 bits per heavy atom. The molecule has 0 saturated carbocycles. The van der Waals surface area contributed by atoms with Crippen LogP contribution in [0.1, 0.15) is 12.5 Å². The first-order valence-corrected chi connectivity index (χ1v) is 10.6. The number of sulfonamides is 1. The van der Waals surface area contributed by atoms with Gasteiger partial charge in [0.1, 0.15) is 5.82 Å². The topological polar surface area (TPSA) is 82.6 Å². The number of aromatic nitrogens is 1. The highest BCUT2D eigenvalue weighted by Crippen LogP contribution is 2.17. The van der Waals surface area contributed by atoms with Gasteiger partial charge in [0, 0.05) is 33.1 Å². The number of carbonyl (C=O) groups is 1. The molecule has 2 heterocycles. The summed E-state index contributed by atoms with van der Waals surface area (Å²) in [4.78, 5) is 19.7. The van der Waals surface area contributed by atoms with Gasteiger partial charge in [-0.15, -0.1) is 0 Å². The molecule has 0 radical (unpaired) electrons. The average molecular weight is 388 g/mol. The molecule has 1 amide bonds. The number of rotatable bonds is 6. The summed E-state index contributed by atoms with van der Waals surface area (Å²) in [5, 5.41) is 0. The summed E-state index contributed by atoms with van der Waals surface area (Å²) in [6.45, 7) is 4.35. The largest absolute Gasteiger partial charge is 0.353 e. The van der Waals surface area contributed by atoms with Crippen LogP contribution in [0.15, 0.2) is 48.7 Å². The van der Waals surface area contributed by atoms with E-state index in [9.17, 15) is 13.2 Å². The zero-order valence-electron chi connectivity index (χ0n) is 15.3. The number of hydrogen-bond acceptors (Lipinski definition) is 5. The standard InChI is InChI=1S/C19H24N4O3S/c1-16(24)22-10-12-23(13-11-22)19-8-7-18(15-20-19)21-27(25,26)14-9-17-5-3-2-4-6-17/h2-8,15,21H,9-14H2,1H3. The molecule has 0 spiro atoms. The minimum Gasteiger partial charge on any atom is -0.353 e. The van der Waals surface area contributed by atoms with E-state index < -0.39 is 10.0 Å². The molecule has 1 fully saturated rings. The number of aryl methyl sites for hydroxylation is 1. The molecule has 0 bridgehead atoms. The molecular weight excluding hydrogens is 364 g/mol. The summed E-state index contributed by atoms with van der Waals surface area (Å²) in [5.74, 6) is 0.888. The molecular formula is C19H24N4O3S. The Hall–Kier alpha value is -2.61. The van der Waals surface area contributed by atoms with Gasteiger partial charge in [0.25, 0.3) is 0 Å². The van der Waals surface area contributed by atoms with Gasteiger partial charge in [-0.1, -0.05) is 30.3 Å². The Kier molecular flexibility index (Phi) is 5.95. The van der Waals surface area contributed by atoms with Crippen molar-refractivity contribution in [3.05, 3.63) is 54.2 Å². The van der Waals surface area contributed by atoms with Crippen molar-refractivity contribution in [1.29, 1.82) is 0 Å². The molecule has 1 saturated heterocycles. The minimum absolute atomic E-state index is 0.0196. The molecule has 8 heteroatoms. The maximum atomic E-state index is 12.3. The van der Waals surface area contributed by atoms with E-state index in [4.69, 9.17) is 0 Å². The van der Waals surface area contributed by atoms with Gasteiger partial charge in [0.15, 0.2) is 0 Å². The fraction of sp³-hybridized carbons (Fsp3) is 0.368. The lowest BCUT2D eigenvalue weighted by Gasteiger charge is -2.34. The third kappa shape index (κ3) is 5.43. The van der Waals surface area contributed by atoms with Gasteiger partial charge >= 0.3 is 0 Å². The molecule has 1 aromatic heterocycles. The normalized spacial score (nSPS) is 14.9. The number of amides is 1. The molecule has 0 unspecified atom stereocenters. The molecule has 3 rings (SSSR count). The molecule has 1 aliphatic heterocycles. The zero-order chi connectivity index (χ0) is 19.3. The SMILES string of the molecule is CC(=O)N1CCN(c2ccc(NS(=O)(=O)CCc3ccccc3)cn2)CC1. The first-order chi connectivity index (χ1) is 12.9. The first kappa shape index (κ1) is 19.2. The lowest BCUT2D eigenvalue weighted by molar-refractivity contribution is -0.129. The quantitative estimate of drug-likeness (QED) is 0.815. The van der Waals surface area contributed by atoms with Crippen LogP contribution < -0.4 is 9.62 Å². The average Bonchev–Trinajstić information content (AvgIpc) is 2.68. The summed E-state index contributed by atoms with van der Waals surface area (Å²) in [7, 11) is -3.44. The fourth-order valence-electron chi connectivity index (χ4n) is 3.01. The van der Waals surface area contributed by atoms with Crippen LogP contribution in [-0.4, -0.2) is 56.1 Å². The second kappa shape index (κ2) is 8.39. The highest BCUT2D eigenvalue weighted by molar-refractivity contribution is 7.92. The Balaban J connectivity index is 1.55. The van der Waals surface area contributed by atoms with Crippen molar-refractivity contribution in [3.8, 4) is 0 Å². The lowest BCUT2D eigenvalue weighted by atomic mass is 10.2. The van der Waals surface area contributed by atoms with Crippen LogP contribution in [0.2, 0.25) is 0 Å². The lowest BCUT2D eigenvalue weighted by Crippen LogP contribution is -2.48. The number of pyridine rings is 1. The van der Waals surface area contributed by atoms with E-state index in [-0.39, 0.29) is 11.7 Å². The van der Waals surface area contributed by atoms with Crippen molar-refractivity contribution in [1.82, 2.24) is 9.88 Å². The van der Waals surface area contributed by atoms with Gasteiger partial charge in [0.05, 0.1) is 17.6 Å². The number of benzene rings is 1. The number of nitrogens with zero attached hydrogens (tertiary/aromatic N) is 3. The Morgan fingerprint density at radius 1 is 1.07 bits per heavy atom. The second-order valence-electron chi connectivity index (χ2n) is 6.55.